The Labute approximate surface area is 152 Å². The van der Waals surface area contributed by atoms with Crippen molar-refractivity contribution in [2.24, 2.45) is 0 Å². The maximum Gasteiger partial charge on any atom is 0.308 e. The number of fused-ring (bicyclic) bond motifs is 3. The van der Waals surface area contributed by atoms with Gasteiger partial charge in [-0.1, -0.05) is 23.5 Å². The molecule has 0 spiro atoms. The van der Waals surface area contributed by atoms with Gasteiger partial charge in [-0.15, -0.1) is 0 Å². The van der Waals surface area contributed by atoms with Gasteiger partial charge in [0.05, 0.1) is 18.1 Å². The lowest BCUT2D eigenvalue weighted by molar-refractivity contribution is -0.132. The summed E-state index contributed by atoms with van der Waals surface area (Å²) in [5.41, 5.74) is 2.21. The number of carbonyl (C=O) groups is 1. The molecular weight excluding hydrogens is 352 g/mol. The van der Waals surface area contributed by atoms with E-state index in [1.165, 1.54) is 25.4 Å². The van der Waals surface area contributed by atoms with E-state index in [1.807, 2.05) is 24.3 Å². The zero-order valence-electron chi connectivity index (χ0n) is 14.1. The highest BCUT2D eigenvalue weighted by atomic mass is 32.1. The van der Waals surface area contributed by atoms with Crippen LogP contribution in [0, 0.1) is 0 Å². The third kappa shape index (κ3) is 2.72. The van der Waals surface area contributed by atoms with Gasteiger partial charge in [0.15, 0.2) is 16.5 Å². The summed E-state index contributed by atoms with van der Waals surface area (Å²) >= 11 is 1.41. The van der Waals surface area contributed by atoms with Gasteiger partial charge in [-0.2, -0.15) is 0 Å². The first-order chi connectivity index (χ1) is 12.6. The fourth-order valence-electron chi connectivity index (χ4n) is 2.79. The minimum Gasteiger partial charge on any atom is -0.493 e. The molecule has 0 amide bonds. The molecule has 2 aromatic carbocycles. The van der Waals surface area contributed by atoms with E-state index in [0.29, 0.717) is 16.5 Å². The van der Waals surface area contributed by atoms with Crippen molar-refractivity contribution in [1.82, 2.24) is 9.38 Å². The number of hydrogen-bond donors (Lipinski definition) is 0. The van der Waals surface area contributed by atoms with Crippen LogP contribution >= 0.6 is 11.3 Å². The predicted octanol–water partition coefficient (Wildman–Crippen LogP) is 3.51. The monoisotopic (exact) mass is 366 g/mol. The average Bonchev–Trinajstić information content (AvgIpc) is 3.00. The number of methoxy groups -OCH3 is 1. The fourth-order valence-corrected chi connectivity index (χ4v) is 3.82. The van der Waals surface area contributed by atoms with Crippen LogP contribution in [0.25, 0.3) is 26.4 Å². The second kappa shape index (κ2) is 6.27. The van der Waals surface area contributed by atoms with E-state index in [4.69, 9.17) is 9.47 Å². The van der Waals surface area contributed by atoms with Crippen molar-refractivity contribution in [3.63, 3.8) is 0 Å². The van der Waals surface area contributed by atoms with Crippen LogP contribution in [0.5, 0.6) is 11.5 Å². The van der Waals surface area contributed by atoms with E-state index in [2.05, 4.69) is 4.98 Å². The minimum atomic E-state index is -0.425. The normalized spacial score (nSPS) is 11.0. The standard InChI is InChI=1S/C19H14N2O4S/c1-11(22)25-15-8-7-12(9-16(15)24-2)17-10-18(23)21-14-6-4-3-5-13(14)20-19(21)26-17/h3-10H,1-2H3. The molecule has 2 heterocycles. The molecule has 0 unspecified atom stereocenters. The number of ether oxygens (including phenoxy) is 2. The van der Waals surface area contributed by atoms with Crippen LogP contribution in [-0.4, -0.2) is 22.5 Å². The molecule has 0 aliphatic carbocycles. The summed E-state index contributed by atoms with van der Waals surface area (Å²) in [5.74, 6) is 0.334. The maximum absolute atomic E-state index is 12.6. The summed E-state index contributed by atoms with van der Waals surface area (Å²) < 4.78 is 12.0. The van der Waals surface area contributed by atoms with Gasteiger partial charge in [-0.05, 0) is 35.9 Å². The number of hydrogen-bond acceptors (Lipinski definition) is 6. The summed E-state index contributed by atoms with van der Waals surface area (Å²) in [6.45, 7) is 1.33. The Bertz CT molecular complexity index is 1210. The summed E-state index contributed by atoms with van der Waals surface area (Å²) in [4.78, 5) is 29.7. The van der Waals surface area contributed by atoms with E-state index in [0.717, 1.165) is 21.5 Å². The number of esters is 1. The summed E-state index contributed by atoms with van der Waals surface area (Å²) in [6, 6.07) is 14.3. The number of aromatic nitrogens is 2. The van der Waals surface area contributed by atoms with Gasteiger partial charge in [-0.3, -0.25) is 14.0 Å². The van der Waals surface area contributed by atoms with Gasteiger partial charge in [0.1, 0.15) is 0 Å². The Kier molecular flexibility index (Phi) is 3.93. The lowest BCUT2D eigenvalue weighted by atomic mass is 10.1. The van der Waals surface area contributed by atoms with E-state index < -0.39 is 5.97 Å². The van der Waals surface area contributed by atoms with Crippen molar-refractivity contribution in [3.8, 4) is 21.9 Å². The van der Waals surface area contributed by atoms with Crippen LogP contribution in [0.4, 0.5) is 0 Å². The lowest BCUT2D eigenvalue weighted by Gasteiger charge is -2.10. The zero-order valence-corrected chi connectivity index (χ0v) is 14.9. The van der Waals surface area contributed by atoms with E-state index in [-0.39, 0.29) is 5.56 Å². The van der Waals surface area contributed by atoms with Crippen molar-refractivity contribution in [1.29, 1.82) is 0 Å². The molecule has 130 valence electrons. The van der Waals surface area contributed by atoms with Gasteiger partial charge in [0.25, 0.3) is 5.56 Å². The number of para-hydroxylation sites is 2. The van der Waals surface area contributed by atoms with Gasteiger partial charge < -0.3 is 9.47 Å². The Balaban J connectivity index is 1.88. The van der Waals surface area contributed by atoms with Crippen LogP contribution in [0.15, 0.2) is 53.3 Å². The van der Waals surface area contributed by atoms with Crippen molar-refractivity contribution >= 4 is 33.3 Å². The van der Waals surface area contributed by atoms with Crippen molar-refractivity contribution < 1.29 is 14.3 Å². The largest absolute Gasteiger partial charge is 0.493 e. The summed E-state index contributed by atoms with van der Waals surface area (Å²) in [7, 11) is 1.50. The molecule has 6 nitrogen and oxygen atoms in total. The first-order valence-corrected chi connectivity index (χ1v) is 8.66. The second-order valence-corrected chi connectivity index (χ2v) is 6.64. The van der Waals surface area contributed by atoms with Crippen molar-refractivity contribution in [3.05, 3.63) is 58.9 Å². The number of imidazole rings is 1. The molecule has 2 aromatic heterocycles. The van der Waals surface area contributed by atoms with Gasteiger partial charge in [-0.25, -0.2) is 4.98 Å². The topological polar surface area (TPSA) is 69.9 Å². The molecule has 26 heavy (non-hydrogen) atoms. The molecule has 4 rings (SSSR count). The molecule has 0 atom stereocenters. The molecule has 0 N–H and O–H groups in total. The van der Waals surface area contributed by atoms with Crippen molar-refractivity contribution in [2.75, 3.05) is 7.11 Å². The smallest absolute Gasteiger partial charge is 0.308 e. The second-order valence-electron chi connectivity index (χ2n) is 5.63. The molecule has 0 bridgehead atoms. The minimum absolute atomic E-state index is 0.148. The van der Waals surface area contributed by atoms with Gasteiger partial charge >= 0.3 is 5.97 Å². The zero-order chi connectivity index (χ0) is 18.3. The van der Waals surface area contributed by atoms with Crippen LogP contribution < -0.4 is 15.0 Å². The third-order valence-corrected chi connectivity index (χ3v) is 4.94. The fraction of sp³-hybridized carbons (Fsp3) is 0.105. The lowest BCUT2D eigenvalue weighted by Crippen LogP contribution is -2.10. The highest BCUT2D eigenvalue weighted by Crippen LogP contribution is 2.34. The Hall–Kier alpha value is -3.19. The summed E-state index contributed by atoms with van der Waals surface area (Å²) in [6.07, 6.45) is 0. The molecule has 0 saturated carbocycles. The van der Waals surface area contributed by atoms with Gasteiger partial charge in [0, 0.05) is 17.9 Å². The van der Waals surface area contributed by atoms with Gasteiger partial charge in [0.2, 0.25) is 0 Å². The van der Waals surface area contributed by atoms with Crippen molar-refractivity contribution in [2.45, 2.75) is 6.92 Å². The van der Waals surface area contributed by atoms with Crippen LogP contribution in [0.3, 0.4) is 0 Å². The number of nitrogens with zero attached hydrogens (tertiary/aromatic N) is 2. The Morgan fingerprint density at radius 1 is 1.12 bits per heavy atom. The van der Waals surface area contributed by atoms with E-state index >= 15 is 0 Å². The third-order valence-electron chi connectivity index (χ3n) is 3.91. The Morgan fingerprint density at radius 3 is 2.69 bits per heavy atom. The quantitative estimate of drug-likeness (QED) is 0.410. The summed E-state index contributed by atoms with van der Waals surface area (Å²) in [5, 5.41) is 0. The highest BCUT2D eigenvalue weighted by molar-refractivity contribution is 7.20. The predicted molar refractivity (Wildman–Crippen MR) is 100 cm³/mol. The average molecular weight is 366 g/mol. The number of rotatable bonds is 3. The Morgan fingerprint density at radius 2 is 1.92 bits per heavy atom. The molecular formula is C19H14N2O4S. The molecule has 4 aromatic rings. The number of carbonyl (C=O) groups excluding carboxylic acids is 1. The number of benzene rings is 2. The van der Waals surface area contributed by atoms with E-state index in [9.17, 15) is 9.59 Å². The molecule has 0 aliphatic rings. The van der Waals surface area contributed by atoms with Crippen LogP contribution in [0.1, 0.15) is 6.92 Å². The molecule has 7 heteroatoms. The molecule has 0 radical (unpaired) electrons. The molecule has 0 aliphatic heterocycles. The van der Waals surface area contributed by atoms with Crippen LogP contribution in [0.2, 0.25) is 0 Å². The first kappa shape index (κ1) is 16.3. The first-order valence-electron chi connectivity index (χ1n) is 7.85. The molecule has 0 fully saturated rings. The van der Waals surface area contributed by atoms with E-state index in [1.54, 1.807) is 28.7 Å². The highest BCUT2D eigenvalue weighted by Gasteiger charge is 2.13. The SMILES string of the molecule is COc1cc(-c2cc(=O)n3c(nc4ccccc43)s2)ccc1OC(C)=O. The molecule has 0 saturated heterocycles. The maximum atomic E-state index is 12.6. The van der Waals surface area contributed by atoms with Crippen LogP contribution in [-0.2, 0) is 4.79 Å².